The van der Waals surface area contributed by atoms with Gasteiger partial charge in [-0.25, -0.2) is 0 Å². The van der Waals surface area contributed by atoms with Gasteiger partial charge in [-0.15, -0.1) is 0 Å². The molecular formula is C9H14Cl6O5P2. The van der Waals surface area contributed by atoms with E-state index >= 15 is 0 Å². The molecule has 0 aromatic carbocycles. The van der Waals surface area contributed by atoms with Crippen molar-refractivity contribution in [1.82, 2.24) is 0 Å². The second-order valence-corrected chi connectivity index (χ2v) is 14.3. The third-order valence-corrected chi connectivity index (χ3v) is 5.28. The molecule has 0 bridgehead atoms. The Morgan fingerprint density at radius 3 is 1.77 bits per heavy atom. The van der Waals surface area contributed by atoms with Gasteiger partial charge < -0.3 is 0 Å². The minimum Gasteiger partial charge on any atom is -0.294 e. The maximum Gasteiger partial charge on any atom is 0.380 e. The molecule has 1 unspecified atom stereocenters. The van der Waals surface area contributed by atoms with E-state index in [1.807, 2.05) is 0 Å². The summed E-state index contributed by atoms with van der Waals surface area (Å²) in [5.74, 6) is -2.90. The van der Waals surface area contributed by atoms with Gasteiger partial charge in [0.05, 0.1) is 0 Å². The number of halogens is 6. The first kappa shape index (κ1) is 25.7. The monoisotopic (exact) mass is 474 g/mol. The fourth-order valence-electron chi connectivity index (χ4n) is 0.962. The van der Waals surface area contributed by atoms with Crippen molar-refractivity contribution in [2.75, 3.05) is 6.16 Å². The Kier molecular flexibility index (Phi) is 15.0. The molecule has 0 aliphatic rings. The molecule has 13 heteroatoms. The highest BCUT2D eigenvalue weighted by Crippen LogP contribution is 2.58. The van der Waals surface area contributed by atoms with Crippen LogP contribution in [0.25, 0.3) is 0 Å². The lowest BCUT2D eigenvalue weighted by atomic mass is 10.2. The summed E-state index contributed by atoms with van der Waals surface area (Å²) < 4.78 is 25.5. The summed E-state index contributed by atoms with van der Waals surface area (Å²) in [6.07, 6.45) is -1.85. The predicted octanol–water partition coefficient (Wildman–Crippen LogP) is 6.73. The van der Waals surface area contributed by atoms with Crippen LogP contribution in [0.3, 0.4) is 0 Å². The van der Waals surface area contributed by atoms with Crippen molar-refractivity contribution in [3.63, 3.8) is 0 Å². The molecule has 0 aliphatic carbocycles. The van der Waals surface area contributed by atoms with Gasteiger partial charge in [-0.1, -0.05) is 6.42 Å². The van der Waals surface area contributed by atoms with E-state index in [2.05, 4.69) is 4.52 Å². The Hall–Kier alpha value is 1.50. The van der Waals surface area contributed by atoms with E-state index in [-0.39, 0.29) is 5.24 Å². The van der Waals surface area contributed by atoms with Crippen LogP contribution in [0.15, 0.2) is 0 Å². The van der Waals surface area contributed by atoms with Crippen molar-refractivity contribution in [2.45, 2.75) is 38.7 Å². The topological polar surface area (TPSA) is 77.5 Å². The highest BCUT2D eigenvalue weighted by atomic mass is 35.9. The molecular weight excluding hydrogens is 463 g/mol. The minimum atomic E-state index is -3.64. The van der Waals surface area contributed by atoms with E-state index in [1.54, 1.807) is 0 Å². The molecule has 0 aliphatic heterocycles. The summed E-state index contributed by atoms with van der Waals surface area (Å²) in [5, 5.41) is -1.13. The summed E-state index contributed by atoms with van der Waals surface area (Å²) >= 11 is 30.6. The molecule has 0 fully saturated rings. The minimum absolute atomic E-state index is 0.312. The summed E-state index contributed by atoms with van der Waals surface area (Å²) in [7, 11) is 0. The lowest BCUT2D eigenvalue weighted by Crippen LogP contribution is -2.11. The van der Waals surface area contributed by atoms with Crippen molar-refractivity contribution < 1.29 is 23.2 Å². The first-order valence-corrected chi connectivity index (χ1v) is 13.7. The largest absolute Gasteiger partial charge is 0.380 e. The van der Waals surface area contributed by atoms with Gasteiger partial charge in [0.2, 0.25) is 5.24 Å². The Morgan fingerprint density at radius 1 is 1.00 bits per heavy atom. The van der Waals surface area contributed by atoms with Crippen LogP contribution < -0.4 is 0 Å². The normalized spacial score (nSPS) is 13.0. The molecule has 0 N–H and O–H groups in total. The van der Waals surface area contributed by atoms with Crippen LogP contribution in [0.5, 0.6) is 0 Å². The molecule has 132 valence electrons. The Bertz CT molecular complexity index is 448. The zero-order chi connectivity index (χ0) is 18.0. The summed E-state index contributed by atoms with van der Waals surface area (Å²) in [6, 6.07) is 0. The number of hydrogen-bond donors (Lipinski definition) is 0. The summed E-state index contributed by atoms with van der Waals surface area (Å²) in [4.78, 5) is 20.5. The molecule has 1 atom stereocenters. The average molecular weight is 477 g/mol. The molecule has 0 saturated heterocycles. The Balaban J connectivity index is 0. The number of unbranched alkanes of at least 4 members (excludes halogenated alkanes) is 2. The van der Waals surface area contributed by atoms with Crippen molar-refractivity contribution >= 4 is 90.6 Å². The fraction of sp³-hybridized carbons (Fsp3) is 0.778. The molecule has 0 heterocycles. The first-order valence-electron chi connectivity index (χ1n) is 5.78. The Morgan fingerprint density at radius 2 is 1.50 bits per heavy atom. The van der Waals surface area contributed by atoms with Crippen LogP contribution in [0.2, 0.25) is 0 Å². The lowest BCUT2D eigenvalue weighted by Gasteiger charge is -2.07. The quantitative estimate of drug-likeness (QED) is 0.209. The third-order valence-electron chi connectivity index (χ3n) is 1.89. The Labute approximate surface area is 158 Å². The highest BCUT2D eigenvalue weighted by molar-refractivity contribution is 8.08. The second kappa shape index (κ2) is 12.8. The molecule has 0 aromatic rings. The maximum absolute atomic E-state index is 10.7. The van der Waals surface area contributed by atoms with Gasteiger partial charge in [-0.05, 0) is 87.9 Å². The van der Waals surface area contributed by atoms with E-state index in [0.29, 0.717) is 25.4 Å². The van der Waals surface area contributed by atoms with Crippen LogP contribution in [0.1, 0.15) is 32.6 Å². The van der Waals surface area contributed by atoms with E-state index < -0.39 is 23.3 Å². The second-order valence-electron chi connectivity index (χ2n) is 3.93. The SMILES string of the molecule is CC(OP(=O)(Cl)Cl)C(=O)Cl.O=C(Cl)CCCCCP(=O)(Cl)Cl. The third kappa shape index (κ3) is 23.8. The van der Waals surface area contributed by atoms with Crippen molar-refractivity contribution in [1.29, 1.82) is 0 Å². The molecule has 0 saturated carbocycles. The van der Waals surface area contributed by atoms with Gasteiger partial charge in [0.1, 0.15) is 6.10 Å². The van der Waals surface area contributed by atoms with Crippen LogP contribution in [-0.4, -0.2) is 22.8 Å². The molecule has 0 amide bonds. The van der Waals surface area contributed by atoms with Crippen molar-refractivity contribution in [3.8, 4) is 0 Å². The van der Waals surface area contributed by atoms with Crippen LogP contribution >= 0.6 is 80.1 Å². The molecule has 0 radical (unpaired) electrons. The number of hydrogen-bond acceptors (Lipinski definition) is 5. The lowest BCUT2D eigenvalue weighted by molar-refractivity contribution is -0.117. The number of carbonyl (C=O) groups is 2. The average Bonchev–Trinajstić information content (AvgIpc) is 2.24. The zero-order valence-corrected chi connectivity index (χ0v) is 17.6. The van der Waals surface area contributed by atoms with Crippen LogP contribution in [0.4, 0.5) is 0 Å². The summed E-state index contributed by atoms with van der Waals surface area (Å²) in [6.45, 7) is 1.30. The molecule has 0 aromatic heterocycles. The summed E-state index contributed by atoms with van der Waals surface area (Å²) in [5.41, 5.74) is 0. The molecule has 0 spiro atoms. The van der Waals surface area contributed by atoms with Crippen molar-refractivity contribution in [3.05, 3.63) is 0 Å². The zero-order valence-electron chi connectivity index (χ0n) is 11.3. The first-order chi connectivity index (χ1) is 9.74. The van der Waals surface area contributed by atoms with Crippen LogP contribution in [-0.2, 0) is 23.2 Å². The maximum atomic E-state index is 10.7. The van der Waals surface area contributed by atoms with Crippen molar-refractivity contribution in [2.24, 2.45) is 0 Å². The smallest absolute Gasteiger partial charge is 0.294 e. The number of rotatable bonds is 9. The number of carbonyl (C=O) groups excluding carboxylic acids is 2. The van der Waals surface area contributed by atoms with Gasteiger partial charge in [-0.3, -0.25) is 23.2 Å². The molecule has 5 nitrogen and oxygen atoms in total. The van der Waals surface area contributed by atoms with E-state index in [0.717, 1.165) is 6.42 Å². The fourth-order valence-corrected chi connectivity index (χ4v) is 3.69. The van der Waals surface area contributed by atoms with E-state index in [4.69, 9.17) is 68.2 Å². The van der Waals surface area contributed by atoms with Gasteiger partial charge in [0.25, 0.3) is 11.1 Å². The van der Waals surface area contributed by atoms with E-state index in [9.17, 15) is 18.7 Å². The predicted molar refractivity (Wildman–Crippen MR) is 94.2 cm³/mol. The molecule has 22 heavy (non-hydrogen) atoms. The van der Waals surface area contributed by atoms with Gasteiger partial charge in [-0.2, -0.15) is 0 Å². The van der Waals surface area contributed by atoms with Gasteiger partial charge >= 0.3 is 6.07 Å². The standard InChI is InChI=1S/C6H10Cl3O2P.C3H4Cl3O3P/c7-6(10)4-2-1-3-5-12(8,9)11;1-2(3(4)7)9-10(5,6)8/h1-5H2;2H,1H3. The van der Waals surface area contributed by atoms with E-state index in [1.165, 1.54) is 6.92 Å². The van der Waals surface area contributed by atoms with Gasteiger partial charge in [0, 0.05) is 12.6 Å². The van der Waals surface area contributed by atoms with Gasteiger partial charge in [0.15, 0.2) is 0 Å². The van der Waals surface area contributed by atoms with Crippen LogP contribution in [0, 0.1) is 0 Å². The molecule has 0 rings (SSSR count). The highest BCUT2D eigenvalue weighted by Gasteiger charge is 2.22.